The van der Waals surface area contributed by atoms with Gasteiger partial charge in [0.1, 0.15) is 12.7 Å². The highest BCUT2D eigenvalue weighted by Gasteiger charge is 2.23. The molecule has 43 heavy (non-hydrogen) atoms. The monoisotopic (exact) mass is 635 g/mol. The van der Waals surface area contributed by atoms with Crippen molar-refractivity contribution in [1.82, 2.24) is 5.32 Å². The molecule has 0 aromatic heterocycles. The first-order valence-corrected chi connectivity index (χ1v) is 19.0. The standard InChI is InChI=1S/C33H66NO8P/c1-3-5-7-9-10-11-12-13-14-15-16-17-18-19-20-22-23-25-32(36)34-27-28-41-43(38,39)42-30-31(35)29-40-33(37)26-24-21-8-6-4-2/h31,35H,3-30H2,1-2H3,(H,34,36)(H,38,39). The first-order valence-electron chi connectivity index (χ1n) is 17.5. The third-order valence-electron chi connectivity index (χ3n) is 7.54. The van der Waals surface area contributed by atoms with E-state index in [1.165, 1.54) is 89.9 Å². The third-order valence-corrected chi connectivity index (χ3v) is 8.52. The van der Waals surface area contributed by atoms with E-state index in [9.17, 15) is 24.2 Å². The van der Waals surface area contributed by atoms with Gasteiger partial charge >= 0.3 is 13.8 Å². The van der Waals surface area contributed by atoms with Gasteiger partial charge in [-0.2, -0.15) is 0 Å². The predicted octanol–water partition coefficient (Wildman–Crippen LogP) is 8.54. The quantitative estimate of drug-likeness (QED) is 0.0371. The molecule has 0 saturated carbocycles. The number of hydrogen-bond donors (Lipinski definition) is 3. The number of phosphoric ester groups is 1. The van der Waals surface area contributed by atoms with Crippen LogP contribution >= 0.6 is 7.82 Å². The highest BCUT2D eigenvalue weighted by molar-refractivity contribution is 7.47. The predicted molar refractivity (Wildman–Crippen MR) is 174 cm³/mol. The summed E-state index contributed by atoms with van der Waals surface area (Å²) < 4.78 is 26.5. The zero-order valence-electron chi connectivity index (χ0n) is 27.7. The number of amides is 1. The van der Waals surface area contributed by atoms with E-state index >= 15 is 0 Å². The molecule has 10 heteroatoms. The van der Waals surface area contributed by atoms with Gasteiger partial charge in [-0.3, -0.25) is 18.6 Å². The van der Waals surface area contributed by atoms with Gasteiger partial charge in [0, 0.05) is 19.4 Å². The number of phosphoric acid groups is 1. The summed E-state index contributed by atoms with van der Waals surface area (Å²) in [5.41, 5.74) is 0. The second kappa shape index (κ2) is 31.0. The first kappa shape index (κ1) is 42.0. The van der Waals surface area contributed by atoms with Gasteiger partial charge in [0.15, 0.2) is 0 Å². The Bertz CT molecular complexity index is 694. The third kappa shape index (κ3) is 32.2. The van der Waals surface area contributed by atoms with Crippen molar-refractivity contribution in [1.29, 1.82) is 0 Å². The lowest BCUT2D eigenvalue weighted by Gasteiger charge is -2.15. The Morgan fingerprint density at radius 1 is 0.628 bits per heavy atom. The summed E-state index contributed by atoms with van der Waals surface area (Å²) >= 11 is 0. The number of hydrogen-bond acceptors (Lipinski definition) is 7. The molecule has 0 spiro atoms. The van der Waals surface area contributed by atoms with E-state index in [0.717, 1.165) is 51.4 Å². The zero-order valence-corrected chi connectivity index (χ0v) is 28.6. The average molecular weight is 636 g/mol. The number of carbonyl (C=O) groups excluding carboxylic acids is 2. The van der Waals surface area contributed by atoms with E-state index in [2.05, 4.69) is 19.2 Å². The maximum absolute atomic E-state index is 12.0. The van der Waals surface area contributed by atoms with Crippen LogP contribution in [0.3, 0.4) is 0 Å². The molecule has 0 saturated heterocycles. The first-order chi connectivity index (χ1) is 20.8. The molecular weight excluding hydrogens is 569 g/mol. The van der Waals surface area contributed by atoms with Crippen LogP contribution in [0.25, 0.3) is 0 Å². The number of nitrogens with one attached hydrogen (secondary N) is 1. The Labute approximate surface area is 263 Å². The summed E-state index contributed by atoms with van der Waals surface area (Å²) in [6.45, 7) is 3.45. The number of esters is 1. The minimum absolute atomic E-state index is 0.0874. The molecule has 0 aromatic carbocycles. The Balaban J connectivity index is 3.54. The van der Waals surface area contributed by atoms with Gasteiger partial charge in [-0.15, -0.1) is 0 Å². The number of aliphatic hydroxyl groups excluding tert-OH is 1. The van der Waals surface area contributed by atoms with E-state index in [1.807, 2.05) is 0 Å². The topological polar surface area (TPSA) is 131 Å². The van der Waals surface area contributed by atoms with Gasteiger partial charge in [-0.05, 0) is 12.8 Å². The minimum atomic E-state index is -4.39. The molecule has 0 radical (unpaired) electrons. The molecule has 0 fully saturated rings. The fourth-order valence-electron chi connectivity index (χ4n) is 4.85. The highest BCUT2D eigenvalue weighted by Crippen LogP contribution is 2.42. The Hall–Kier alpha value is -0.990. The largest absolute Gasteiger partial charge is 0.472 e. The molecular formula is C33H66NO8P. The van der Waals surface area contributed by atoms with Crippen LogP contribution in [0.15, 0.2) is 0 Å². The van der Waals surface area contributed by atoms with Crippen LogP contribution in [0.4, 0.5) is 0 Å². The molecule has 3 N–H and O–H groups in total. The maximum Gasteiger partial charge on any atom is 0.472 e. The van der Waals surface area contributed by atoms with Crippen molar-refractivity contribution in [3.8, 4) is 0 Å². The molecule has 1 amide bonds. The van der Waals surface area contributed by atoms with Crippen molar-refractivity contribution in [3.63, 3.8) is 0 Å². The van der Waals surface area contributed by atoms with E-state index in [-0.39, 0.29) is 32.1 Å². The molecule has 0 aliphatic heterocycles. The van der Waals surface area contributed by atoms with Gasteiger partial charge in [0.25, 0.3) is 0 Å². The summed E-state index contributed by atoms with van der Waals surface area (Å²) in [5, 5.41) is 12.5. The summed E-state index contributed by atoms with van der Waals surface area (Å²) in [6.07, 6.45) is 26.5. The fraction of sp³-hybridized carbons (Fsp3) is 0.939. The van der Waals surface area contributed by atoms with Crippen LogP contribution in [0.1, 0.15) is 168 Å². The maximum atomic E-state index is 12.0. The smallest absolute Gasteiger partial charge is 0.463 e. The Morgan fingerprint density at radius 3 is 1.51 bits per heavy atom. The van der Waals surface area contributed by atoms with Crippen LogP contribution in [0.2, 0.25) is 0 Å². The van der Waals surface area contributed by atoms with Crippen LogP contribution in [0.5, 0.6) is 0 Å². The van der Waals surface area contributed by atoms with Crippen molar-refractivity contribution in [2.24, 2.45) is 0 Å². The van der Waals surface area contributed by atoms with Crippen molar-refractivity contribution in [3.05, 3.63) is 0 Å². The summed E-state index contributed by atoms with van der Waals surface area (Å²) in [7, 11) is -4.39. The van der Waals surface area contributed by atoms with E-state index in [4.69, 9.17) is 13.8 Å². The number of aliphatic hydroxyl groups is 1. The van der Waals surface area contributed by atoms with Crippen molar-refractivity contribution in [2.75, 3.05) is 26.4 Å². The summed E-state index contributed by atoms with van der Waals surface area (Å²) in [6, 6.07) is 0. The number of carbonyl (C=O) groups is 2. The minimum Gasteiger partial charge on any atom is -0.463 e. The molecule has 2 atom stereocenters. The van der Waals surface area contributed by atoms with E-state index in [1.54, 1.807) is 0 Å². The van der Waals surface area contributed by atoms with Crippen LogP contribution in [-0.2, 0) is 27.9 Å². The van der Waals surface area contributed by atoms with Crippen LogP contribution in [-0.4, -0.2) is 54.3 Å². The number of unbranched alkanes of at least 4 members (excludes halogenated alkanes) is 20. The molecule has 0 bridgehead atoms. The van der Waals surface area contributed by atoms with Crippen molar-refractivity contribution < 1.29 is 37.9 Å². The number of rotatable bonds is 33. The van der Waals surface area contributed by atoms with Crippen LogP contribution in [0, 0.1) is 0 Å². The highest BCUT2D eigenvalue weighted by atomic mass is 31.2. The zero-order chi connectivity index (χ0) is 31.9. The van der Waals surface area contributed by atoms with Crippen molar-refractivity contribution >= 4 is 19.7 Å². The average Bonchev–Trinajstić information content (AvgIpc) is 2.98. The second-order valence-electron chi connectivity index (χ2n) is 11.9. The number of ether oxygens (including phenoxy) is 1. The summed E-state index contributed by atoms with van der Waals surface area (Å²) in [4.78, 5) is 33.4. The van der Waals surface area contributed by atoms with Gasteiger partial charge in [-0.1, -0.05) is 142 Å². The molecule has 256 valence electrons. The Morgan fingerprint density at radius 2 is 1.05 bits per heavy atom. The Kier molecular flexibility index (Phi) is 30.3. The van der Waals surface area contributed by atoms with E-state index < -0.39 is 26.5 Å². The molecule has 0 aliphatic carbocycles. The molecule has 0 rings (SSSR count). The summed E-state index contributed by atoms with van der Waals surface area (Å²) in [5.74, 6) is -0.523. The molecule has 0 heterocycles. The molecule has 0 aliphatic rings. The SMILES string of the molecule is CCCCCCCCCCCCCCCCCCCC(=O)NCCOP(=O)(O)OCC(O)COC(=O)CCCCCCC. The lowest BCUT2D eigenvalue weighted by atomic mass is 10.0. The normalized spacial score (nSPS) is 13.5. The lowest BCUT2D eigenvalue weighted by molar-refractivity contribution is -0.147. The molecule has 0 aromatic rings. The van der Waals surface area contributed by atoms with Gasteiger partial charge in [0.2, 0.25) is 5.91 Å². The van der Waals surface area contributed by atoms with E-state index in [0.29, 0.717) is 6.42 Å². The fourth-order valence-corrected chi connectivity index (χ4v) is 5.61. The lowest BCUT2D eigenvalue weighted by Crippen LogP contribution is -2.27. The van der Waals surface area contributed by atoms with Gasteiger partial charge in [0.05, 0.1) is 13.2 Å². The van der Waals surface area contributed by atoms with Crippen LogP contribution < -0.4 is 5.32 Å². The van der Waals surface area contributed by atoms with Gasteiger partial charge < -0.3 is 20.1 Å². The second-order valence-corrected chi connectivity index (χ2v) is 13.3. The molecule has 2 unspecified atom stereocenters. The molecule has 9 nitrogen and oxygen atoms in total. The van der Waals surface area contributed by atoms with Gasteiger partial charge in [-0.25, -0.2) is 4.57 Å². The van der Waals surface area contributed by atoms with Crippen molar-refractivity contribution in [2.45, 2.75) is 174 Å².